The molecule has 0 heterocycles. The molecule has 1 aromatic rings. The summed E-state index contributed by atoms with van der Waals surface area (Å²) in [5.74, 6) is 0. The van der Waals surface area contributed by atoms with Crippen LogP contribution in [0.5, 0.6) is 0 Å². The number of aryl methyl sites for hydroxylation is 2. The van der Waals surface area contributed by atoms with Crippen LogP contribution >= 0.6 is 0 Å². The summed E-state index contributed by atoms with van der Waals surface area (Å²) in [5, 5.41) is 0. The minimum Gasteiger partial charge on any atom is -0.329 e. The molecule has 0 radical (unpaired) electrons. The maximum Gasteiger partial charge on any atom is 0.0237 e. The fourth-order valence-electron chi connectivity index (χ4n) is 3.32. The maximum atomic E-state index is 5.78. The third-order valence-electron chi connectivity index (χ3n) is 4.42. The third-order valence-corrected chi connectivity index (χ3v) is 4.42. The molecule has 0 spiro atoms. The standard InChI is InChI=1S/C17H28N2/c1-3-17(4-2)19(11-10-18)13-14-8-9-15-6-5-7-16(15)12-14/h8-9,12,17H,3-7,10-11,13,18H2,1-2H3. The highest BCUT2D eigenvalue weighted by molar-refractivity contribution is 5.35. The Bertz CT molecular complexity index is 396. The van der Waals surface area contributed by atoms with Gasteiger partial charge in [0.2, 0.25) is 0 Å². The Morgan fingerprint density at radius 1 is 1.16 bits per heavy atom. The molecule has 2 N–H and O–H groups in total. The van der Waals surface area contributed by atoms with Crippen molar-refractivity contribution in [2.75, 3.05) is 13.1 Å². The van der Waals surface area contributed by atoms with Gasteiger partial charge in [-0.05, 0) is 48.8 Å². The molecule has 2 heteroatoms. The first kappa shape index (κ1) is 14.5. The van der Waals surface area contributed by atoms with E-state index in [2.05, 4.69) is 36.9 Å². The van der Waals surface area contributed by atoms with Gasteiger partial charge >= 0.3 is 0 Å². The van der Waals surface area contributed by atoms with E-state index >= 15 is 0 Å². The molecule has 0 aromatic heterocycles. The maximum absolute atomic E-state index is 5.78. The van der Waals surface area contributed by atoms with Crippen LogP contribution in [0.2, 0.25) is 0 Å². The molecule has 0 aliphatic heterocycles. The highest BCUT2D eigenvalue weighted by Crippen LogP contribution is 2.24. The molecule has 0 unspecified atom stereocenters. The van der Waals surface area contributed by atoms with E-state index in [-0.39, 0.29) is 0 Å². The predicted octanol–water partition coefficient (Wildman–Crippen LogP) is 3.12. The average Bonchev–Trinajstić information content (AvgIpc) is 2.87. The SMILES string of the molecule is CCC(CC)N(CCN)Cc1ccc2c(c1)CCC2. The third kappa shape index (κ3) is 3.58. The van der Waals surface area contributed by atoms with Gasteiger partial charge in [-0.25, -0.2) is 0 Å². The molecule has 0 atom stereocenters. The predicted molar refractivity (Wildman–Crippen MR) is 82.3 cm³/mol. The van der Waals surface area contributed by atoms with E-state index in [1.54, 1.807) is 11.1 Å². The lowest BCUT2D eigenvalue weighted by molar-refractivity contribution is 0.182. The zero-order valence-corrected chi connectivity index (χ0v) is 12.5. The monoisotopic (exact) mass is 260 g/mol. The summed E-state index contributed by atoms with van der Waals surface area (Å²) >= 11 is 0. The number of nitrogens with zero attached hydrogens (tertiary/aromatic N) is 1. The molecule has 2 rings (SSSR count). The minimum absolute atomic E-state index is 0.664. The van der Waals surface area contributed by atoms with Crippen molar-refractivity contribution < 1.29 is 0 Å². The lowest BCUT2D eigenvalue weighted by Gasteiger charge is -2.30. The van der Waals surface area contributed by atoms with E-state index in [1.165, 1.54) is 37.7 Å². The zero-order chi connectivity index (χ0) is 13.7. The normalized spacial score (nSPS) is 14.4. The smallest absolute Gasteiger partial charge is 0.0237 e. The lowest BCUT2D eigenvalue weighted by atomic mass is 10.0. The van der Waals surface area contributed by atoms with E-state index in [0.717, 1.165) is 19.6 Å². The minimum atomic E-state index is 0.664. The Hall–Kier alpha value is -0.860. The van der Waals surface area contributed by atoms with Crippen molar-refractivity contribution in [1.82, 2.24) is 4.90 Å². The van der Waals surface area contributed by atoms with E-state index < -0.39 is 0 Å². The van der Waals surface area contributed by atoms with Gasteiger partial charge in [0.05, 0.1) is 0 Å². The van der Waals surface area contributed by atoms with Crippen LogP contribution < -0.4 is 5.73 Å². The number of benzene rings is 1. The Morgan fingerprint density at radius 3 is 2.58 bits per heavy atom. The van der Waals surface area contributed by atoms with Crippen molar-refractivity contribution in [2.24, 2.45) is 5.73 Å². The van der Waals surface area contributed by atoms with Crippen molar-refractivity contribution in [3.63, 3.8) is 0 Å². The zero-order valence-electron chi connectivity index (χ0n) is 12.5. The van der Waals surface area contributed by atoms with Gasteiger partial charge in [-0.2, -0.15) is 0 Å². The Morgan fingerprint density at radius 2 is 1.89 bits per heavy atom. The van der Waals surface area contributed by atoms with Crippen LogP contribution in [0.25, 0.3) is 0 Å². The van der Waals surface area contributed by atoms with Crippen molar-refractivity contribution in [2.45, 2.75) is 58.5 Å². The highest BCUT2D eigenvalue weighted by atomic mass is 15.2. The lowest BCUT2D eigenvalue weighted by Crippen LogP contribution is -2.37. The first-order chi connectivity index (χ1) is 9.28. The molecule has 106 valence electrons. The molecule has 1 aromatic carbocycles. The molecule has 2 nitrogen and oxygen atoms in total. The van der Waals surface area contributed by atoms with Crippen LogP contribution in [0.1, 0.15) is 49.8 Å². The summed E-state index contributed by atoms with van der Waals surface area (Å²) in [4.78, 5) is 2.55. The fourth-order valence-corrected chi connectivity index (χ4v) is 3.32. The molecule has 1 aliphatic rings. The second-order valence-electron chi connectivity index (χ2n) is 5.69. The first-order valence-electron chi connectivity index (χ1n) is 7.83. The van der Waals surface area contributed by atoms with Gasteiger partial charge in [-0.15, -0.1) is 0 Å². The van der Waals surface area contributed by atoms with Gasteiger partial charge in [0.25, 0.3) is 0 Å². The topological polar surface area (TPSA) is 29.3 Å². The average molecular weight is 260 g/mol. The van der Waals surface area contributed by atoms with Crippen LogP contribution in [0, 0.1) is 0 Å². The van der Waals surface area contributed by atoms with E-state index in [4.69, 9.17) is 5.73 Å². The summed E-state index contributed by atoms with van der Waals surface area (Å²) < 4.78 is 0. The highest BCUT2D eigenvalue weighted by Gasteiger charge is 2.16. The van der Waals surface area contributed by atoms with Crippen molar-refractivity contribution in [1.29, 1.82) is 0 Å². The second kappa shape index (κ2) is 7.06. The second-order valence-corrected chi connectivity index (χ2v) is 5.69. The molecule has 1 aliphatic carbocycles. The van der Waals surface area contributed by atoms with Crippen molar-refractivity contribution in [3.8, 4) is 0 Å². The summed E-state index contributed by atoms with van der Waals surface area (Å²) in [6.07, 6.45) is 6.29. The molecular weight excluding hydrogens is 232 g/mol. The van der Waals surface area contributed by atoms with E-state index in [0.29, 0.717) is 6.04 Å². The quantitative estimate of drug-likeness (QED) is 0.816. The van der Waals surface area contributed by atoms with Gasteiger partial charge in [-0.1, -0.05) is 32.0 Å². The van der Waals surface area contributed by atoms with Crippen LogP contribution in [0.15, 0.2) is 18.2 Å². The van der Waals surface area contributed by atoms with E-state index in [9.17, 15) is 0 Å². The van der Waals surface area contributed by atoms with Gasteiger partial charge in [0.15, 0.2) is 0 Å². The van der Waals surface area contributed by atoms with Gasteiger partial charge in [-0.3, -0.25) is 4.90 Å². The van der Waals surface area contributed by atoms with Crippen molar-refractivity contribution >= 4 is 0 Å². The first-order valence-corrected chi connectivity index (χ1v) is 7.83. The fraction of sp³-hybridized carbons (Fsp3) is 0.647. The number of fused-ring (bicyclic) bond motifs is 1. The molecule has 0 saturated carbocycles. The molecule has 0 fully saturated rings. The van der Waals surface area contributed by atoms with Gasteiger partial charge in [0.1, 0.15) is 0 Å². The molecule has 0 bridgehead atoms. The summed E-state index contributed by atoms with van der Waals surface area (Å²) in [5.41, 5.74) is 10.4. The molecule has 0 amide bonds. The summed E-state index contributed by atoms with van der Waals surface area (Å²) in [6, 6.07) is 7.74. The number of hydrogen-bond donors (Lipinski definition) is 1. The largest absolute Gasteiger partial charge is 0.329 e. The van der Waals surface area contributed by atoms with Gasteiger partial charge < -0.3 is 5.73 Å². The van der Waals surface area contributed by atoms with E-state index in [1.807, 2.05) is 0 Å². The van der Waals surface area contributed by atoms with Crippen molar-refractivity contribution in [3.05, 3.63) is 34.9 Å². The van der Waals surface area contributed by atoms with Crippen LogP contribution in [-0.4, -0.2) is 24.0 Å². The van der Waals surface area contributed by atoms with Crippen LogP contribution in [0.4, 0.5) is 0 Å². The van der Waals surface area contributed by atoms with Crippen LogP contribution in [-0.2, 0) is 19.4 Å². The molecule has 19 heavy (non-hydrogen) atoms. The Labute approximate surface area is 118 Å². The Kier molecular flexibility index (Phi) is 5.41. The number of nitrogens with two attached hydrogens (primary N) is 1. The summed E-state index contributed by atoms with van der Waals surface area (Å²) in [6.45, 7) is 7.36. The van der Waals surface area contributed by atoms with Crippen LogP contribution in [0.3, 0.4) is 0 Å². The number of hydrogen-bond acceptors (Lipinski definition) is 2. The molecule has 0 saturated heterocycles. The summed E-state index contributed by atoms with van der Waals surface area (Å²) in [7, 11) is 0. The Balaban J connectivity index is 2.08. The molecular formula is C17H28N2. The van der Waals surface area contributed by atoms with Gasteiger partial charge in [0, 0.05) is 25.7 Å². The number of rotatable bonds is 7.